The molecule has 12 atom stereocenters. The number of hydrogen-bond acceptors (Lipinski definition) is 12. The zero-order valence-electron chi connectivity index (χ0n) is 21.7. The number of ether oxygens (including phenoxy) is 4. The Morgan fingerprint density at radius 2 is 1.74 bits per heavy atom. The smallest absolute Gasteiger partial charge is 0.335 e. The van der Waals surface area contributed by atoms with Crippen LogP contribution in [0, 0.1) is 11.3 Å². The van der Waals surface area contributed by atoms with Crippen molar-refractivity contribution in [2.75, 3.05) is 6.61 Å². The van der Waals surface area contributed by atoms with Crippen LogP contribution < -0.4 is 0 Å². The van der Waals surface area contributed by atoms with Crippen LogP contribution in [0.3, 0.4) is 0 Å². The quantitative estimate of drug-likeness (QED) is 0.168. The van der Waals surface area contributed by atoms with Crippen LogP contribution in [0.5, 0.6) is 0 Å². The van der Waals surface area contributed by atoms with Crippen LogP contribution in [0.15, 0.2) is 23.8 Å². The highest BCUT2D eigenvalue weighted by Crippen LogP contribution is 2.40. The fraction of sp³-hybridized carbons (Fsp3) is 0.760. The van der Waals surface area contributed by atoms with E-state index in [1.807, 2.05) is 26.8 Å². The van der Waals surface area contributed by atoms with Gasteiger partial charge in [0.05, 0.1) is 12.7 Å². The molecule has 0 aromatic heterocycles. The molecule has 1 aliphatic carbocycles. The fourth-order valence-electron chi connectivity index (χ4n) is 5.14. The van der Waals surface area contributed by atoms with Gasteiger partial charge in [-0.15, -0.1) is 0 Å². The van der Waals surface area contributed by atoms with E-state index in [2.05, 4.69) is 0 Å². The summed E-state index contributed by atoms with van der Waals surface area (Å²) >= 11 is 0. The molecule has 13 heteroatoms. The Hall–Kier alpha value is -1.78. The Kier molecular flexibility index (Phi) is 9.85. The Bertz CT molecular complexity index is 917. The molecule has 3 rings (SSSR count). The van der Waals surface area contributed by atoms with Crippen molar-refractivity contribution in [3.63, 3.8) is 0 Å². The van der Waals surface area contributed by atoms with Crippen molar-refractivity contribution in [2.45, 2.75) is 102 Å². The molecule has 2 aliphatic heterocycles. The second-order valence-corrected chi connectivity index (χ2v) is 10.8. The van der Waals surface area contributed by atoms with E-state index in [9.17, 15) is 45.3 Å². The van der Waals surface area contributed by atoms with E-state index in [4.69, 9.17) is 18.9 Å². The maximum absolute atomic E-state index is 12.0. The van der Waals surface area contributed by atoms with Crippen molar-refractivity contribution < 1.29 is 64.3 Å². The number of aliphatic hydroxyl groups excluding tert-OH is 6. The Morgan fingerprint density at radius 3 is 2.32 bits per heavy atom. The number of hydrogen-bond donors (Lipinski definition) is 7. The molecule has 0 aromatic carbocycles. The summed E-state index contributed by atoms with van der Waals surface area (Å²) in [4.78, 5) is 23.4. The Balaban J connectivity index is 1.79. The summed E-state index contributed by atoms with van der Waals surface area (Å²) in [5.41, 5.74) is 0.558. The van der Waals surface area contributed by atoms with E-state index in [0.717, 1.165) is 5.57 Å². The van der Waals surface area contributed by atoms with Crippen LogP contribution in [0.2, 0.25) is 0 Å². The molecule has 0 unspecified atom stereocenters. The maximum atomic E-state index is 12.0. The second kappa shape index (κ2) is 12.2. The first kappa shape index (κ1) is 30.8. The maximum Gasteiger partial charge on any atom is 0.335 e. The molecule has 3 aliphatic rings. The minimum atomic E-state index is -1.95. The monoisotopic (exact) mass is 546 g/mol. The van der Waals surface area contributed by atoms with Crippen LogP contribution in [-0.4, -0.2) is 122 Å². The number of carbonyl (C=O) groups excluding carboxylic acids is 1. The minimum Gasteiger partial charge on any atom is -0.479 e. The first-order valence-corrected chi connectivity index (χ1v) is 12.4. The van der Waals surface area contributed by atoms with Gasteiger partial charge in [0.25, 0.3) is 0 Å². The lowest BCUT2D eigenvalue weighted by Gasteiger charge is -2.45. The van der Waals surface area contributed by atoms with Crippen LogP contribution >= 0.6 is 0 Å². The van der Waals surface area contributed by atoms with Gasteiger partial charge < -0.3 is 54.7 Å². The van der Waals surface area contributed by atoms with Crippen LogP contribution in [0.1, 0.15) is 34.1 Å². The molecule has 2 fully saturated rings. The number of carbonyl (C=O) groups is 2. The van der Waals surface area contributed by atoms with Crippen LogP contribution in [-0.2, 0) is 28.5 Å². The molecule has 13 nitrogen and oxygen atoms in total. The van der Waals surface area contributed by atoms with E-state index in [-0.39, 0.29) is 17.1 Å². The molecule has 0 aromatic rings. The third-order valence-corrected chi connectivity index (χ3v) is 7.20. The zero-order chi connectivity index (χ0) is 28.5. The van der Waals surface area contributed by atoms with Gasteiger partial charge in [-0.2, -0.15) is 0 Å². The number of carboxylic acid groups (broad SMARTS) is 1. The number of rotatable bonds is 8. The molecule has 2 saturated heterocycles. The largest absolute Gasteiger partial charge is 0.479 e. The topological polar surface area (TPSA) is 213 Å². The number of carboxylic acids is 1. The minimum absolute atomic E-state index is 0.0505. The lowest BCUT2D eigenvalue weighted by Crippen LogP contribution is -2.65. The number of ketones is 1. The van der Waals surface area contributed by atoms with Gasteiger partial charge in [0.2, 0.25) is 0 Å². The lowest BCUT2D eigenvalue weighted by molar-refractivity contribution is -0.366. The Morgan fingerprint density at radius 1 is 1.08 bits per heavy atom. The van der Waals surface area contributed by atoms with Crippen molar-refractivity contribution in [1.82, 2.24) is 0 Å². The highest BCUT2D eigenvalue weighted by Gasteiger charge is 2.52. The average Bonchev–Trinajstić information content (AvgIpc) is 2.81. The van der Waals surface area contributed by atoms with Gasteiger partial charge in [-0.1, -0.05) is 31.6 Å². The molecular weight excluding hydrogens is 508 g/mol. The molecule has 0 radical (unpaired) electrons. The van der Waals surface area contributed by atoms with Gasteiger partial charge >= 0.3 is 5.97 Å². The molecule has 7 N–H and O–H groups in total. The second-order valence-electron chi connectivity index (χ2n) is 10.8. The summed E-state index contributed by atoms with van der Waals surface area (Å²) in [5, 5.41) is 70.3. The van der Waals surface area contributed by atoms with Gasteiger partial charge in [0, 0.05) is 12.3 Å². The van der Waals surface area contributed by atoms with Crippen LogP contribution in [0.4, 0.5) is 0 Å². The predicted octanol–water partition coefficient (Wildman–Crippen LogP) is -1.77. The molecule has 38 heavy (non-hydrogen) atoms. The van der Waals surface area contributed by atoms with Crippen LogP contribution in [0.25, 0.3) is 0 Å². The number of allylic oxidation sites excluding steroid dienone is 3. The fourth-order valence-corrected chi connectivity index (χ4v) is 5.14. The van der Waals surface area contributed by atoms with Gasteiger partial charge in [0.1, 0.15) is 42.7 Å². The third kappa shape index (κ3) is 6.50. The van der Waals surface area contributed by atoms with Crippen molar-refractivity contribution in [3.8, 4) is 0 Å². The lowest BCUT2D eigenvalue weighted by atomic mass is 9.68. The number of aliphatic hydroxyl groups is 6. The van der Waals surface area contributed by atoms with E-state index in [0.29, 0.717) is 6.42 Å². The predicted molar refractivity (Wildman–Crippen MR) is 127 cm³/mol. The highest BCUT2D eigenvalue weighted by molar-refractivity contribution is 5.92. The van der Waals surface area contributed by atoms with Crippen molar-refractivity contribution >= 4 is 11.8 Å². The highest BCUT2D eigenvalue weighted by atomic mass is 16.8. The molecule has 2 heterocycles. The standard InChI is InChI=1S/C25H38O13/c1-10-7-12(27)8-25(3,4)13(10)6-5-11(2)35-24-21(17(30)15(28)14(9-26)36-24)38-23-19(32)16(29)18(31)20(37-23)22(33)34/h5-7,11,13-21,23-24,26,28-32H,8-9H2,1-4H3,(H,33,34)/b6-5+/t11-,13+,14-,15-,16+,17+,18+,19-,20+,21-,23+,24-/m1/s1. The first-order chi connectivity index (χ1) is 17.7. The van der Waals surface area contributed by atoms with E-state index in [1.54, 1.807) is 19.1 Å². The van der Waals surface area contributed by atoms with Crippen molar-refractivity contribution in [3.05, 3.63) is 23.8 Å². The summed E-state index contributed by atoms with van der Waals surface area (Å²) in [5.74, 6) is -1.63. The SMILES string of the molecule is CC1=CC(=O)CC(C)(C)[C@H]1/C=C/[C@@H](C)O[C@@H]1O[C@H](CO)[C@@H](O)[C@H](O)[C@H]1O[C@@H]1O[C@H](C(=O)O)[C@@H](O)[C@H](O)[C@H]1O. The summed E-state index contributed by atoms with van der Waals surface area (Å²) in [6.07, 6.45) is -12.3. The molecule has 0 amide bonds. The van der Waals surface area contributed by atoms with Crippen molar-refractivity contribution in [2.24, 2.45) is 11.3 Å². The molecule has 216 valence electrons. The van der Waals surface area contributed by atoms with Gasteiger partial charge in [-0.25, -0.2) is 4.79 Å². The normalized spacial score (nSPS) is 42.6. The number of aliphatic carboxylic acids is 1. The van der Waals surface area contributed by atoms with Gasteiger partial charge in [-0.3, -0.25) is 4.79 Å². The Labute approximate surface area is 219 Å². The summed E-state index contributed by atoms with van der Waals surface area (Å²) < 4.78 is 22.2. The summed E-state index contributed by atoms with van der Waals surface area (Å²) in [7, 11) is 0. The summed E-state index contributed by atoms with van der Waals surface area (Å²) in [6, 6.07) is 0. The van der Waals surface area contributed by atoms with E-state index >= 15 is 0 Å². The van der Waals surface area contributed by atoms with Gasteiger partial charge in [-0.05, 0) is 25.3 Å². The molecule has 0 bridgehead atoms. The van der Waals surface area contributed by atoms with E-state index < -0.39 is 80.1 Å². The van der Waals surface area contributed by atoms with E-state index in [1.165, 1.54) is 0 Å². The molecule has 0 saturated carbocycles. The molecule has 0 spiro atoms. The third-order valence-electron chi connectivity index (χ3n) is 7.20. The molecular formula is C25H38O13. The first-order valence-electron chi connectivity index (χ1n) is 12.4. The zero-order valence-corrected chi connectivity index (χ0v) is 21.7. The van der Waals surface area contributed by atoms with Gasteiger partial charge in [0.15, 0.2) is 24.5 Å². The van der Waals surface area contributed by atoms with Crippen molar-refractivity contribution in [1.29, 1.82) is 0 Å². The summed E-state index contributed by atoms with van der Waals surface area (Å²) in [6.45, 7) is 6.81. The average molecular weight is 547 g/mol.